The predicted molar refractivity (Wildman–Crippen MR) is 77.1 cm³/mol. The molecule has 98 valence electrons. The van der Waals surface area contributed by atoms with E-state index in [0.29, 0.717) is 16.0 Å². The molecule has 0 saturated carbocycles. The molecule has 1 heterocycles. The molecule has 2 aromatic rings. The summed E-state index contributed by atoms with van der Waals surface area (Å²) >= 11 is 3.25. The van der Waals surface area contributed by atoms with Gasteiger partial charge in [0.25, 0.3) is 5.91 Å². The van der Waals surface area contributed by atoms with Gasteiger partial charge in [-0.15, -0.1) is 0 Å². The van der Waals surface area contributed by atoms with Crippen molar-refractivity contribution in [2.24, 2.45) is 0 Å². The average Bonchev–Trinajstić information content (AvgIpc) is 2.36. The van der Waals surface area contributed by atoms with E-state index in [1.165, 1.54) is 18.3 Å². The second-order valence-corrected chi connectivity index (χ2v) is 4.96. The van der Waals surface area contributed by atoms with Crippen LogP contribution in [-0.2, 0) is 0 Å². The number of aryl methyl sites for hydroxylation is 1. The molecule has 2 rings (SSSR count). The van der Waals surface area contributed by atoms with Crippen LogP contribution in [0.2, 0.25) is 0 Å². The largest absolute Gasteiger partial charge is 0.507 e. The molecule has 0 bridgehead atoms. The second kappa shape index (κ2) is 5.27. The summed E-state index contributed by atoms with van der Waals surface area (Å²) < 4.78 is 0.705. The zero-order valence-electron chi connectivity index (χ0n) is 10.1. The molecule has 19 heavy (non-hydrogen) atoms. The number of nitrogens with one attached hydrogen (secondary N) is 1. The molecule has 1 aromatic heterocycles. The van der Waals surface area contributed by atoms with E-state index in [2.05, 4.69) is 26.2 Å². The molecule has 0 aliphatic rings. The van der Waals surface area contributed by atoms with Crippen molar-refractivity contribution in [1.82, 2.24) is 4.98 Å². The number of nitrogen functional groups attached to an aromatic ring is 1. The minimum Gasteiger partial charge on any atom is -0.507 e. The van der Waals surface area contributed by atoms with Crippen LogP contribution in [0.4, 0.5) is 11.5 Å². The van der Waals surface area contributed by atoms with E-state index in [0.717, 1.165) is 5.56 Å². The lowest BCUT2D eigenvalue weighted by Crippen LogP contribution is -2.13. The fraction of sp³-hybridized carbons (Fsp3) is 0.0769. The van der Waals surface area contributed by atoms with Crippen LogP contribution < -0.4 is 11.1 Å². The van der Waals surface area contributed by atoms with E-state index in [4.69, 9.17) is 5.73 Å². The smallest absolute Gasteiger partial charge is 0.260 e. The minimum absolute atomic E-state index is 0.0899. The zero-order valence-corrected chi connectivity index (χ0v) is 11.7. The number of hydrogen-bond donors (Lipinski definition) is 3. The highest BCUT2D eigenvalue weighted by atomic mass is 79.9. The Hall–Kier alpha value is -2.08. The summed E-state index contributed by atoms with van der Waals surface area (Å²) in [6.45, 7) is 1.82. The number of aromatic hydroxyl groups is 1. The third-order valence-corrected chi connectivity index (χ3v) is 3.09. The molecule has 0 radical (unpaired) electrons. The summed E-state index contributed by atoms with van der Waals surface area (Å²) in [7, 11) is 0. The fourth-order valence-electron chi connectivity index (χ4n) is 1.51. The van der Waals surface area contributed by atoms with Crippen LogP contribution in [-0.4, -0.2) is 16.0 Å². The molecular formula is C13H12BrN3O2. The Morgan fingerprint density at radius 1 is 1.42 bits per heavy atom. The number of carbonyl (C=O) groups is 1. The Balaban J connectivity index is 2.25. The summed E-state index contributed by atoms with van der Waals surface area (Å²) in [4.78, 5) is 16.0. The lowest BCUT2D eigenvalue weighted by molar-refractivity contribution is 0.102. The van der Waals surface area contributed by atoms with Gasteiger partial charge in [0.05, 0.1) is 17.4 Å². The molecule has 0 aliphatic carbocycles. The van der Waals surface area contributed by atoms with Gasteiger partial charge in [0.1, 0.15) is 11.6 Å². The van der Waals surface area contributed by atoms with Gasteiger partial charge in [-0.2, -0.15) is 0 Å². The Morgan fingerprint density at radius 2 is 2.16 bits per heavy atom. The predicted octanol–water partition coefficient (Wildman–Crippen LogP) is 2.69. The minimum atomic E-state index is -0.435. The number of phenolic OH excluding ortho intramolecular Hbond substituents is 1. The number of carbonyl (C=O) groups excluding carboxylic acids is 1. The number of anilines is 2. The number of hydrogen-bond acceptors (Lipinski definition) is 4. The van der Waals surface area contributed by atoms with E-state index in [1.54, 1.807) is 12.1 Å². The Morgan fingerprint density at radius 3 is 2.84 bits per heavy atom. The number of benzene rings is 1. The Bertz CT molecular complexity index is 644. The first-order chi connectivity index (χ1) is 8.97. The Labute approximate surface area is 118 Å². The third-order valence-electron chi connectivity index (χ3n) is 2.60. The van der Waals surface area contributed by atoms with Gasteiger partial charge >= 0.3 is 0 Å². The van der Waals surface area contributed by atoms with Crippen LogP contribution >= 0.6 is 15.9 Å². The molecule has 1 aromatic carbocycles. The molecule has 0 spiro atoms. The number of pyridine rings is 1. The normalized spacial score (nSPS) is 10.2. The number of nitrogens with zero attached hydrogens (tertiary/aromatic N) is 1. The quantitative estimate of drug-likeness (QED) is 0.793. The molecule has 0 fully saturated rings. The van der Waals surface area contributed by atoms with E-state index >= 15 is 0 Å². The monoisotopic (exact) mass is 321 g/mol. The van der Waals surface area contributed by atoms with Crippen molar-refractivity contribution < 1.29 is 9.90 Å². The summed E-state index contributed by atoms with van der Waals surface area (Å²) in [6, 6.07) is 6.30. The van der Waals surface area contributed by atoms with Gasteiger partial charge in [-0.25, -0.2) is 4.98 Å². The number of halogens is 1. The molecule has 5 nitrogen and oxygen atoms in total. The van der Waals surface area contributed by atoms with Gasteiger partial charge in [-0.05, 0) is 36.8 Å². The summed E-state index contributed by atoms with van der Waals surface area (Å²) in [6.07, 6.45) is 1.48. The lowest BCUT2D eigenvalue weighted by atomic mass is 10.2. The summed E-state index contributed by atoms with van der Waals surface area (Å²) in [5.41, 5.74) is 7.21. The van der Waals surface area contributed by atoms with E-state index in [9.17, 15) is 9.90 Å². The molecular weight excluding hydrogens is 310 g/mol. The zero-order chi connectivity index (χ0) is 14.0. The van der Waals surface area contributed by atoms with Gasteiger partial charge in [0.2, 0.25) is 0 Å². The van der Waals surface area contributed by atoms with Crippen molar-refractivity contribution in [1.29, 1.82) is 0 Å². The van der Waals surface area contributed by atoms with Gasteiger partial charge in [0.15, 0.2) is 0 Å². The highest BCUT2D eigenvalue weighted by Gasteiger charge is 2.12. The summed E-state index contributed by atoms with van der Waals surface area (Å²) in [5.74, 6) is -0.139. The molecule has 4 N–H and O–H groups in total. The number of amides is 1. The number of aromatic nitrogens is 1. The number of phenols is 1. The van der Waals surface area contributed by atoms with E-state index in [1.807, 2.05) is 6.92 Å². The molecule has 0 saturated heterocycles. The molecule has 0 unspecified atom stereocenters. The van der Waals surface area contributed by atoms with Crippen molar-refractivity contribution >= 4 is 33.3 Å². The average molecular weight is 322 g/mol. The van der Waals surface area contributed by atoms with Gasteiger partial charge < -0.3 is 16.2 Å². The summed E-state index contributed by atoms with van der Waals surface area (Å²) in [5, 5.41) is 12.3. The van der Waals surface area contributed by atoms with Crippen molar-refractivity contribution in [2.45, 2.75) is 6.92 Å². The van der Waals surface area contributed by atoms with Crippen molar-refractivity contribution in [3.8, 4) is 5.75 Å². The number of nitrogens with two attached hydrogens (primary N) is 1. The third kappa shape index (κ3) is 3.03. The maximum absolute atomic E-state index is 12.0. The standard InChI is InChI=1S/C13H12BrN3O2/c1-7-4-12(16-6-10(7)15)17-13(19)9-5-8(14)2-3-11(9)18/h2-6,18H,15H2,1H3,(H,16,17,19). The maximum atomic E-state index is 12.0. The van der Waals surface area contributed by atoms with Crippen molar-refractivity contribution in [3.05, 3.63) is 46.1 Å². The van der Waals surface area contributed by atoms with Crippen LogP contribution in [0.3, 0.4) is 0 Å². The van der Waals surface area contributed by atoms with Crippen LogP contribution in [0.15, 0.2) is 34.9 Å². The van der Waals surface area contributed by atoms with Crippen molar-refractivity contribution in [2.75, 3.05) is 11.1 Å². The van der Waals surface area contributed by atoms with Crippen molar-refractivity contribution in [3.63, 3.8) is 0 Å². The first-order valence-electron chi connectivity index (χ1n) is 5.49. The fourth-order valence-corrected chi connectivity index (χ4v) is 1.87. The second-order valence-electron chi connectivity index (χ2n) is 4.04. The lowest BCUT2D eigenvalue weighted by Gasteiger charge is -2.08. The highest BCUT2D eigenvalue weighted by molar-refractivity contribution is 9.10. The molecule has 1 amide bonds. The first-order valence-corrected chi connectivity index (χ1v) is 6.28. The van der Waals surface area contributed by atoms with Crippen LogP contribution in [0.1, 0.15) is 15.9 Å². The van der Waals surface area contributed by atoms with Crippen LogP contribution in [0, 0.1) is 6.92 Å². The van der Waals surface area contributed by atoms with E-state index in [-0.39, 0.29) is 11.3 Å². The molecule has 0 aliphatic heterocycles. The van der Waals surface area contributed by atoms with Crippen LogP contribution in [0.5, 0.6) is 5.75 Å². The molecule has 6 heteroatoms. The van der Waals surface area contributed by atoms with Crippen LogP contribution in [0.25, 0.3) is 0 Å². The highest BCUT2D eigenvalue weighted by Crippen LogP contribution is 2.23. The van der Waals surface area contributed by atoms with E-state index < -0.39 is 5.91 Å². The van der Waals surface area contributed by atoms with Gasteiger partial charge in [-0.3, -0.25) is 4.79 Å². The van der Waals surface area contributed by atoms with Gasteiger partial charge in [0, 0.05) is 4.47 Å². The first kappa shape index (κ1) is 13.4. The van der Waals surface area contributed by atoms with Gasteiger partial charge in [-0.1, -0.05) is 15.9 Å². The topological polar surface area (TPSA) is 88.2 Å². The SMILES string of the molecule is Cc1cc(NC(=O)c2cc(Br)ccc2O)ncc1N. The Kier molecular flexibility index (Phi) is 3.71. The molecule has 0 atom stereocenters. The maximum Gasteiger partial charge on any atom is 0.260 e. The number of rotatable bonds is 2.